The molecule has 3 heteroatoms. The number of anilines is 1. The molecule has 0 spiro atoms. The van der Waals surface area contributed by atoms with Gasteiger partial charge >= 0.3 is 0 Å². The Morgan fingerprint density at radius 3 is 2.29 bits per heavy atom. The van der Waals surface area contributed by atoms with Gasteiger partial charge in [-0.25, -0.2) is 0 Å². The first-order valence-corrected chi connectivity index (χ1v) is 6.31. The number of hydrogen-bond donors (Lipinski definition) is 1. The van der Waals surface area contributed by atoms with Crippen LogP contribution in [0.3, 0.4) is 0 Å². The number of hydrogen-bond acceptors (Lipinski definition) is 3. The number of carbonyl (C=O) groups excluding carboxylic acids is 1. The third-order valence-corrected chi connectivity index (χ3v) is 3.36. The first-order valence-electron chi connectivity index (χ1n) is 5.32. The maximum Gasteiger partial charge on any atom is 0.173 e. The number of nitrogens with two attached hydrogens (primary N) is 1. The average molecular weight is 243 g/mol. The van der Waals surface area contributed by atoms with Crippen LogP contribution in [0.25, 0.3) is 0 Å². The van der Waals surface area contributed by atoms with Crippen molar-refractivity contribution in [1.82, 2.24) is 0 Å². The molecule has 0 atom stereocenters. The van der Waals surface area contributed by atoms with Crippen LogP contribution in [-0.2, 0) is 0 Å². The van der Waals surface area contributed by atoms with Gasteiger partial charge in [-0.15, -0.1) is 11.8 Å². The average Bonchev–Trinajstić information content (AvgIpc) is 2.38. The van der Waals surface area contributed by atoms with E-state index >= 15 is 0 Å². The number of Topliss-reactive ketones (excluding diaryl/α,β-unsaturated/α-hetero) is 1. The molecule has 2 aromatic rings. The number of carbonyl (C=O) groups is 1. The van der Waals surface area contributed by atoms with Crippen molar-refractivity contribution in [3.63, 3.8) is 0 Å². The second-order valence-electron chi connectivity index (χ2n) is 3.65. The van der Waals surface area contributed by atoms with Crippen molar-refractivity contribution < 1.29 is 4.79 Å². The molecule has 0 bridgehead atoms. The van der Waals surface area contributed by atoms with E-state index in [4.69, 9.17) is 5.73 Å². The van der Waals surface area contributed by atoms with Gasteiger partial charge in [0, 0.05) is 16.1 Å². The molecule has 2 nitrogen and oxygen atoms in total. The van der Waals surface area contributed by atoms with Gasteiger partial charge in [-0.2, -0.15) is 0 Å². The van der Waals surface area contributed by atoms with Gasteiger partial charge in [-0.3, -0.25) is 4.79 Å². The van der Waals surface area contributed by atoms with E-state index in [1.807, 2.05) is 30.3 Å². The zero-order chi connectivity index (χ0) is 12.1. The van der Waals surface area contributed by atoms with Crippen LogP contribution in [-0.4, -0.2) is 11.5 Å². The number of ketones is 1. The fourth-order valence-corrected chi connectivity index (χ4v) is 2.23. The molecule has 0 aliphatic heterocycles. The molecule has 2 N–H and O–H groups in total. The van der Waals surface area contributed by atoms with Crippen LogP contribution in [0.4, 0.5) is 5.69 Å². The third-order valence-electron chi connectivity index (χ3n) is 2.35. The number of rotatable bonds is 4. The van der Waals surface area contributed by atoms with E-state index in [0.29, 0.717) is 17.0 Å². The van der Waals surface area contributed by atoms with Crippen molar-refractivity contribution in [2.45, 2.75) is 4.90 Å². The predicted octanol–water partition coefficient (Wildman–Crippen LogP) is 3.24. The van der Waals surface area contributed by atoms with E-state index < -0.39 is 0 Å². The largest absolute Gasteiger partial charge is 0.399 e. The van der Waals surface area contributed by atoms with E-state index in [1.165, 1.54) is 0 Å². The molecule has 0 aromatic heterocycles. The molecular formula is C14H13NOS. The zero-order valence-corrected chi connectivity index (χ0v) is 10.1. The molecule has 0 heterocycles. The van der Waals surface area contributed by atoms with E-state index in [1.54, 1.807) is 36.0 Å². The van der Waals surface area contributed by atoms with Crippen LogP contribution in [0, 0.1) is 0 Å². The predicted molar refractivity (Wildman–Crippen MR) is 72.4 cm³/mol. The standard InChI is InChI=1S/C14H13NOS/c15-12-8-6-11(7-9-12)14(16)10-17-13-4-2-1-3-5-13/h1-9H,10,15H2. The summed E-state index contributed by atoms with van der Waals surface area (Å²) in [4.78, 5) is 13.0. The van der Waals surface area contributed by atoms with Gasteiger partial charge in [-0.1, -0.05) is 18.2 Å². The maximum absolute atomic E-state index is 11.9. The first kappa shape index (κ1) is 11.7. The van der Waals surface area contributed by atoms with Crippen molar-refractivity contribution in [3.8, 4) is 0 Å². The Labute approximate surface area is 105 Å². The van der Waals surface area contributed by atoms with E-state index in [9.17, 15) is 4.79 Å². The highest BCUT2D eigenvalue weighted by molar-refractivity contribution is 8.00. The third kappa shape index (κ3) is 3.36. The highest BCUT2D eigenvalue weighted by atomic mass is 32.2. The molecule has 0 unspecified atom stereocenters. The van der Waals surface area contributed by atoms with Crippen molar-refractivity contribution in [1.29, 1.82) is 0 Å². The molecule has 2 aromatic carbocycles. The molecule has 2 rings (SSSR count). The summed E-state index contributed by atoms with van der Waals surface area (Å²) in [7, 11) is 0. The molecule has 0 aliphatic carbocycles. The Hall–Kier alpha value is -1.74. The summed E-state index contributed by atoms with van der Waals surface area (Å²) in [6, 6.07) is 16.9. The van der Waals surface area contributed by atoms with Crippen LogP contribution in [0.15, 0.2) is 59.5 Å². The van der Waals surface area contributed by atoms with Crippen molar-refractivity contribution in [2.24, 2.45) is 0 Å². The van der Waals surface area contributed by atoms with Gasteiger partial charge in [0.15, 0.2) is 5.78 Å². The molecule has 0 fully saturated rings. The second kappa shape index (κ2) is 5.55. The number of nitrogen functional groups attached to an aromatic ring is 1. The van der Waals surface area contributed by atoms with Gasteiger partial charge < -0.3 is 5.73 Å². The Bertz CT molecular complexity index is 493. The van der Waals surface area contributed by atoms with Crippen LogP contribution >= 0.6 is 11.8 Å². The summed E-state index contributed by atoms with van der Waals surface area (Å²) in [6.07, 6.45) is 0. The van der Waals surface area contributed by atoms with Crippen LogP contribution in [0.5, 0.6) is 0 Å². The minimum Gasteiger partial charge on any atom is -0.399 e. The van der Waals surface area contributed by atoms with Gasteiger partial charge in [0.25, 0.3) is 0 Å². The molecule has 0 amide bonds. The summed E-state index contributed by atoms with van der Waals surface area (Å²) in [5, 5.41) is 0. The van der Waals surface area contributed by atoms with Gasteiger partial charge in [0.05, 0.1) is 5.75 Å². The van der Waals surface area contributed by atoms with Crippen molar-refractivity contribution in [3.05, 3.63) is 60.2 Å². The molecule has 0 aliphatic rings. The van der Waals surface area contributed by atoms with E-state index in [-0.39, 0.29) is 5.78 Å². The highest BCUT2D eigenvalue weighted by Gasteiger charge is 2.05. The highest BCUT2D eigenvalue weighted by Crippen LogP contribution is 2.18. The summed E-state index contributed by atoms with van der Waals surface area (Å²) < 4.78 is 0. The Morgan fingerprint density at radius 1 is 1.00 bits per heavy atom. The number of benzene rings is 2. The van der Waals surface area contributed by atoms with Crippen LogP contribution in [0.1, 0.15) is 10.4 Å². The fraction of sp³-hybridized carbons (Fsp3) is 0.0714. The zero-order valence-electron chi connectivity index (χ0n) is 9.30. The molecule has 86 valence electrons. The quantitative estimate of drug-likeness (QED) is 0.509. The van der Waals surface area contributed by atoms with Crippen molar-refractivity contribution in [2.75, 3.05) is 11.5 Å². The number of thioether (sulfide) groups is 1. The van der Waals surface area contributed by atoms with E-state index in [0.717, 1.165) is 4.90 Å². The smallest absolute Gasteiger partial charge is 0.173 e. The van der Waals surface area contributed by atoms with Gasteiger partial charge in [0.2, 0.25) is 0 Å². The SMILES string of the molecule is Nc1ccc(C(=O)CSc2ccccc2)cc1. The maximum atomic E-state index is 11.9. The van der Waals surface area contributed by atoms with E-state index in [2.05, 4.69) is 0 Å². The Balaban J connectivity index is 1.96. The lowest BCUT2D eigenvalue weighted by Gasteiger charge is -2.02. The molecule has 0 saturated carbocycles. The fourth-order valence-electron chi connectivity index (χ4n) is 1.42. The topological polar surface area (TPSA) is 43.1 Å². The normalized spacial score (nSPS) is 10.1. The summed E-state index contributed by atoms with van der Waals surface area (Å²) >= 11 is 1.55. The Kier molecular flexibility index (Phi) is 3.83. The lowest BCUT2D eigenvalue weighted by molar-refractivity contribution is 0.102. The minimum atomic E-state index is 0.124. The lowest BCUT2D eigenvalue weighted by atomic mass is 10.1. The molecule has 0 radical (unpaired) electrons. The summed E-state index contributed by atoms with van der Waals surface area (Å²) in [5.41, 5.74) is 6.96. The monoisotopic (exact) mass is 243 g/mol. The van der Waals surface area contributed by atoms with Crippen LogP contribution < -0.4 is 5.73 Å². The molecular weight excluding hydrogens is 230 g/mol. The Morgan fingerprint density at radius 2 is 1.65 bits per heavy atom. The molecule has 17 heavy (non-hydrogen) atoms. The van der Waals surface area contributed by atoms with Crippen LogP contribution in [0.2, 0.25) is 0 Å². The molecule has 0 saturated heterocycles. The lowest BCUT2D eigenvalue weighted by Crippen LogP contribution is -2.02. The first-order chi connectivity index (χ1) is 8.25. The van der Waals surface area contributed by atoms with Crippen molar-refractivity contribution >= 4 is 23.2 Å². The van der Waals surface area contributed by atoms with Gasteiger partial charge in [0.1, 0.15) is 0 Å². The van der Waals surface area contributed by atoms with Gasteiger partial charge in [-0.05, 0) is 36.4 Å². The minimum absolute atomic E-state index is 0.124. The summed E-state index contributed by atoms with van der Waals surface area (Å²) in [5.74, 6) is 0.576. The second-order valence-corrected chi connectivity index (χ2v) is 4.70. The summed E-state index contributed by atoms with van der Waals surface area (Å²) in [6.45, 7) is 0.